The molecule has 0 radical (unpaired) electrons. The first-order chi connectivity index (χ1) is 9.61. The maximum atomic E-state index is 11.5. The van der Waals surface area contributed by atoms with Crippen LogP contribution in [0, 0.1) is 0 Å². The molecule has 0 bridgehead atoms. The van der Waals surface area contributed by atoms with Gasteiger partial charge in [-0.3, -0.25) is 14.9 Å². The molecule has 0 atom stereocenters. The normalized spacial score (nSPS) is 16.8. The van der Waals surface area contributed by atoms with E-state index in [0.717, 1.165) is 19.8 Å². The van der Waals surface area contributed by atoms with E-state index in [1.165, 1.54) is 0 Å². The molecule has 100 valence electrons. The Morgan fingerprint density at radius 2 is 1.85 bits per heavy atom. The number of nitrogens with one attached hydrogen (secondary N) is 1. The Bertz CT molecular complexity index is 716. The molecule has 20 heavy (non-hydrogen) atoms. The molecule has 2 heterocycles. The van der Waals surface area contributed by atoms with Crippen LogP contribution in [0.25, 0.3) is 16.5 Å². The van der Waals surface area contributed by atoms with Crippen molar-refractivity contribution in [3.63, 3.8) is 0 Å². The lowest BCUT2D eigenvalue weighted by Crippen LogP contribution is -2.19. The Morgan fingerprint density at radius 3 is 2.50 bits per heavy atom. The quantitative estimate of drug-likeness (QED) is 0.666. The minimum atomic E-state index is -0.284. The summed E-state index contributed by atoms with van der Waals surface area (Å²) in [7, 11) is 0. The van der Waals surface area contributed by atoms with Crippen molar-refractivity contribution in [2.75, 3.05) is 0 Å². The number of halogens is 1. The van der Waals surface area contributed by atoms with Crippen LogP contribution in [0.4, 0.5) is 0 Å². The van der Waals surface area contributed by atoms with E-state index in [-0.39, 0.29) is 18.2 Å². The molecule has 1 aliphatic heterocycles. The van der Waals surface area contributed by atoms with Crippen molar-refractivity contribution in [3.05, 3.63) is 51.3 Å². The van der Waals surface area contributed by atoms with Crippen LogP contribution in [-0.4, -0.2) is 11.8 Å². The predicted octanol–water partition coefficient (Wildman–Crippen LogP) is 3.61. The van der Waals surface area contributed by atoms with E-state index in [9.17, 15) is 9.59 Å². The molecule has 1 aromatic heterocycles. The van der Waals surface area contributed by atoms with Crippen molar-refractivity contribution in [2.24, 2.45) is 0 Å². The number of thiophene rings is 1. The molecule has 1 N–H and O–H groups in total. The Hall–Kier alpha value is -1.72. The number of imide groups is 1. The van der Waals surface area contributed by atoms with Crippen molar-refractivity contribution in [1.29, 1.82) is 0 Å². The molecule has 2 aromatic rings. The lowest BCUT2D eigenvalue weighted by Gasteiger charge is -1.96. The molecule has 1 aliphatic rings. The van der Waals surface area contributed by atoms with E-state index >= 15 is 0 Å². The Labute approximate surface area is 128 Å². The van der Waals surface area contributed by atoms with Gasteiger partial charge in [0.1, 0.15) is 0 Å². The zero-order valence-electron chi connectivity index (χ0n) is 10.4. The number of carbonyl (C=O) groups is 2. The fourth-order valence-electron chi connectivity index (χ4n) is 1.99. The van der Waals surface area contributed by atoms with Crippen molar-refractivity contribution >= 4 is 45.2 Å². The van der Waals surface area contributed by atoms with Gasteiger partial charge in [0, 0.05) is 19.8 Å². The number of amides is 2. The van der Waals surface area contributed by atoms with Crippen molar-refractivity contribution in [2.45, 2.75) is 6.42 Å². The molecular formula is C15H10BrNO2S. The van der Waals surface area contributed by atoms with Crippen LogP contribution in [0.3, 0.4) is 0 Å². The number of hydrogen-bond donors (Lipinski definition) is 1. The second-order valence-corrected chi connectivity index (χ2v) is 6.46. The minimum absolute atomic E-state index is 0.171. The number of hydrogen-bond acceptors (Lipinski definition) is 3. The molecule has 3 rings (SSSR count). The van der Waals surface area contributed by atoms with Gasteiger partial charge in [0.05, 0.1) is 6.42 Å². The van der Waals surface area contributed by atoms with Crippen molar-refractivity contribution in [1.82, 2.24) is 5.32 Å². The van der Waals surface area contributed by atoms with Gasteiger partial charge in [0.25, 0.3) is 5.91 Å². The molecule has 1 aromatic carbocycles. The van der Waals surface area contributed by atoms with Gasteiger partial charge >= 0.3 is 0 Å². The van der Waals surface area contributed by atoms with Gasteiger partial charge in [-0.15, -0.1) is 11.3 Å². The van der Waals surface area contributed by atoms with Gasteiger partial charge < -0.3 is 0 Å². The van der Waals surface area contributed by atoms with E-state index < -0.39 is 0 Å². The van der Waals surface area contributed by atoms with Gasteiger partial charge in [0.15, 0.2) is 0 Å². The molecule has 3 nitrogen and oxygen atoms in total. The Morgan fingerprint density at radius 1 is 1.10 bits per heavy atom. The van der Waals surface area contributed by atoms with Crippen LogP contribution < -0.4 is 5.32 Å². The molecule has 0 spiro atoms. The molecule has 1 fully saturated rings. The van der Waals surface area contributed by atoms with E-state index in [4.69, 9.17) is 0 Å². The Kier molecular flexibility index (Phi) is 3.54. The molecule has 5 heteroatoms. The summed E-state index contributed by atoms with van der Waals surface area (Å²) in [6.07, 6.45) is 1.96. The monoisotopic (exact) mass is 347 g/mol. The third-order valence-electron chi connectivity index (χ3n) is 2.97. The third kappa shape index (κ3) is 2.73. The summed E-state index contributed by atoms with van der Waals surface area (Å²) in [5.74, 6) is -0.514. The summed E-state index contributed by atoms with van der Waals surface area (Å²) in [5.41, 5.74) is 1.66. The first-order valence-corrected chi connectivity index (χ1v) is 7.63. The van der Waals surface area contributed by atoms with Crippen molar-refractivity contribution < 1.29 is 9.59 Å². The van der Waals surface area contributed by atoms with Gasteiger partial charge in [-0.25, -0.2) is 0 Å². The fourth-order valence-corrected chi connectivity index (χ4v) is 3.24. The summed E-state index contributed by atoms with van der Waals surface area (Å²) < 4.78 is 1.04. The summed E-state index contributed by atoms with van der Waals surface area (Å²) in [6.45, 7) is 0. The smallest absolute Gasteiger partial charge is 0.254 e. The van der Waals surface area contributed by atoms with Gasteiger partial charge in [0.2, 0.25) is 5.91 Å². The van der Waals surface area contributed by atoms with E-state index in [2.05, 4.69) is 21.2 Å². The predicted molar refractivity (Wildman–Crippen MR) is 83.2 cm³/mol. The first-order valence-electron chi connectivity index (χ1n) is 6.02. The fraction of sp³-hybridized carbons (Fsp3) is 0.0667. The lowest BCUT2D eigenvalue weighted by atomic mass is 10.2. The van der Waals surface area contributed by atoms with Crippen molar-refractivity contribution in [3.8, 4) is 10.4 Å². The molecule has 0 unspecified atom stereocenters. The largest absolute Gasteiger partial charge is 0.292 e. The zero-order valence-corrected chi connectivity index (χ0v) is 12.8. The first kappa shape index (κ1) is 13.3. The number of rotatable bonds is 2. The summed E-state index contributed by atoms with van der Waals surface area (Å²) in [5, 5.41) is 2.29. The highest BCUT2D eigenvalue weighted by atomic mass is 79.9. The maximum Gasteiger partial charge on any atom is 0.254 e. The summed E-state index contributed by atoms with van der Waals surface area (Å²) in [4.78, 5) is 24.7. The standard InChI is InChI=1S/C15H10BrNO2S/c16-11-3-1-9(2-4-11)13-6-5-12(20-13)7-10-8-14(18)17-15(10)19/h1-7H,8H2,(H,17,18,19). The second kappa shape index (κ2) is 5.34. The van der Waals surface area contributed by atoms with Gasteiger partial charge in [-0.1, -0.05) is 28.1 Å². The maximum absolute atomic E-state index is 11.5. The zero-order chi connectivity index (χ0) is 14.1. The average molecular weight is 348 g/mol. The minimum Gasteiger partial charge on any atom is -0.292 e. The van der Waals surface area contributed by atoms with Crippen LogP contribution in [0.2, 0.25) is 0 Å². The average Bonchev–Trinajstić information content (AvgIpc) is 2.98. The lowest BCUT2D eigenvalue weighted by molar-refractivity contribution is -0.124. The van der Waals surface area contributed by atoms with Crippen LogP contribution in [0.5, 0.6) is 0 Å². The van der Waals surface area contributed by atoms with E-state index in [0.29, 0.717) is 5.57 Å². The topological polar surface area (TPSA) is 46.2 Å². The van der Waals surface area contributed by atoms with E-state index in [1.807, 2.05) is 36.4 Å². The van der Waals surface area contributed by atoms with Crippen LogP contribution in [0.15, 0.2) is 46.4 Å². The third-order valence-corrected chi connectivity index (χ3v) is 4.58. The molecular weight excluding hydrogens is 338 g/mol. The Balaban J connectivity index is 1.87. The SMILES string of the molecule is O=C1CC(=Cc2ccc(-c3ccc(Br)cc3)s2)C(=O)N1. The molecule has 0 saturated carbocycles. The second-order valence-electron chi connectivity index (χ2n) is 4.43. The molecule has 0 aliphatic carbocycles. The molecule has 1 saturated heterocycles. The highest BCUT2D eigenvalue weighted by molar-refractivity contribution is 9.10. The summed E-state index contributed by atoms with van der Waals surface area (Å²) >= 11 is 5.01. The highest BCUT2D eigenvalue weighted by Gasteiger charge is 2.23. The highest BCUT2D eigenvalue weighted by Crippen LogP contribution is 2.30. The number of carbonyl (C=O) groups excluding carboxylic acids is 2. The van der Waals surface area contributed by atoms with E-state index in [1.54, 1.807) is 17.4 Å². The molecule has 2 amide bonds. The summed E-state index contributed by atoms with van der Waals surface area (Å²) in [6, 6.07) is 12.1. The van der Waals surface area contributed by atoms with Gasteiger partial charge in [-0.05, 0) is 35.9 Å². The van der Waals surface area contributed by atoms with Crippen LogP contribution in [-0.2, 0) is 9.59 Å². The van der Waals surface area contributed by atoms with Crippen LogP contribution >= 0.6 is 27.3 Å². The van der Waals surface area contributed by atoms with Crippen LogP contribution in [0.1, 0.15) is 11.3 Å². The van der Waals surface area contributed by atoms with Gasteiger partial charge in [-0.2, -0.15) is 0 Å². The number of benzene rings is 1.